The molecule has 0 aliphatic carbocycles. The smallest absolute Gasteiger partial charge is 0.268 e. The summed E-state index contributed by atoms with van der Waals surface area (Å²) in [5, 5.41) is 12.0. The summed E-state index contributed by atoms with van der Waals surface area (Å²) in [6, 6.07) is 16.0. The van der Waals surface area contributed by atoms with Crippen molar-refractivity contribution in [3.8, 4) is 11.8 Å². The zero-order valence-electron chi connectivity index (χ0n) is 16.8. The maximum absolute atomic E-state index is 12.4. The highest BCUT2D eigenvalue weighted by atomic mass is 35.5. The Morgan fingerprint density at radius 2 is 1.91 bits per heavy atom. The monoisotopic (exact) mass is 488 g/mol. The van der Waals surface area contributed by atoms with E-state index < -0.39 is 15.7 Å². The topological polar surface area (TPSA) is 122 Å². The van der Waals surface area contributed by atoms with Gasteiger partial charge in [-0.25, -0.2) is 8.42 Å². The van der Waals surface area contributed by atoms with Crippen LogP contribution in [0, 0.1) is 11.3 Å². The van der Waals surface area contributed by atoms with Gasteiger partial charge in [-0.15, -0.1) is 0 Å². The minimum Gasteiger partial charge on any atom is -0.489 e. The van der Waals surface area contributed by atoms with Gasteiger partial charge in [-0.3, -0.25) is 10.1 Å². The lowest BCUT2D eigenvalue weighted by Gasteiger charge is -2.07. The Morgan fingerprint density at radius 1 is 1.22 bits per heavy atom. The van der Waals surface area contributed by atoms with E-state index in [0.717, 1.165) is 17.1 Å². The Morgan fingerprint density at radius 3 is 2.53 bits per heavy atom. The van der Waals surface area contributed by atoms with Gasteiger partial charge in [0.05, 0.1) is 5.75 Å². The van der Waals surface area contributed by atoms with E-state index >= 15 is 0 Å². The molecule has 0 bridgehead atoms. The third-order valence-corrected chi connectivity index (χ3v) is 6.66. The average molecular weight is 489 g/mol. The van der Waals surface area contributed by atoms with Crippen molar-refractivity contribution >= 4 is 50.1 Å². The molecule has 32 heavy (non-hydrogen) atoms. The molecule has 0 aliphatic heterocycles. The van der Waals surface area contributed by atoms with Crippen molar-refractivity contribution in [3.05, 3.63) is 70.3 Å². The number of sulfone groups is 1. The van der Waals surface area contributed by atoms with Crippen molar-refractivity contribution in [2.75, 3.05) is 11.1 Å². The van der Waals surface area contributed by atoms with Crippen molar-refractivity contribution in [1.82, 2.24) is 9.36 Å². The van der Waals surface area contributed by atoms with Crippen molar-refractivity contribution < 1.29 is 17.9 Å². The van der Waals surface area contributed by atoms with E-state index in [1.54, 1.807) is 36.4 Å². The summed E-state index contributed by atoms with van der Waals surface area (Å²) in [6.45, 7) is 1.84. The van der Waals surface area contributed by atoms with Gasteiger partial charge < -0.3 is 4.74 Å². The van der Waals surface area contributed by atoms with Crippen molar-refractivity contribution in [1.29, 1.82) is 5.26 Å². The molecule has 8 nitrogen and oxygen atoms in total. The predicted octanol–water partition coefficient (Wildman–Crippen LogP) is 4.11. The van der Waals surface area contributed by atoms with Crippen LogP contribution in [0.25, 0.3) is 6.08 Å². The number of benzene rings is 2. The molecule has 1 N–H and O–H groups in total. The maximum Gasteiger partial charge on any atom is 0.268 e. The second-order valence-corrected chi connectivity index (χ2v) is 9.75. The number of carbonyl (C=O) groups is 1. The van der Waals surface area contributed by atoms with Crippen molar-refractivity contribution in [2.24, 2.45) is 0 Å². The van der Waals surface area contributed by atoms with Crippen LogP contribution in [0.4, 0.5) is 5.13 Å². The molecule has 11 heteroatoms. The fourth-order valence-electron chi connectivity index (χ4n) is 2.40. The second-order valence-electron chi connectivity index (χ2n) is 6.39. The van der Waals surface area contributed by atoms with E-state index in [0.29, 0.717) is 22.9 Å². The Kier molecular flexibility index (Phi) is 7.58. The van der Waals surface area contributed by atoms with Gasteiger partial charge in [0.25, 0.3) is 11.1 Å². The van der Waals surface area contributed by atoms with Crippen LogP contribution in [0.5, 0.6) is 5.75 Å². The normalized spacial score (nSPS) is 11.6. The lowest BCUT2D eigenvalue weighted by molar-refractivity contribution is -0.112. The number of ether oxygens (including phenoxy) is 1. The quantitative estimate of drug-likeness (QED) is 0.374. The molecule has 0 spiro atoms. The highest BCUT2D eigenvalue weighted by Crippen LogP contribution is 2.19. The highest BCUT2D eigenvalue weighted by Gasteiger charge is 2.20. The van der Waals surface area contributed by atoms with E-state index in [9.17, 15) is 18.5 Å². The van der Waals surface area contributed by atoms with Crippen LogP contribution < -0.4 is 10.1 Å². The number of nitriles is 1. The molecule has 3 rings (SSSR count). The summed E-state index contributed by atoms with van der Waals surface area (Å²) < 4.78 is 33.0. The number of rotatable bonds is 8. The summed E-state index contributed by atoms with van der Waals surface area (Å²) in [6.07, 6.45) is 1.41. The third kappa shape index (κ3) is 6.13. The summed E-state index contributed by atoms with van der Waals surface area (Å²) in [4.78, 5) is 16.2. The largest absolute Gasteiger partial charge is 0.489 e. The van der Waals surface area contributed by atoms with Crippen LogP contribution in [-0.2, 0) is 21.2 Å². The number of carbonyl (C=O) groups excluding carboxylic acids is 1. The Bertz CT molecular complexity index is 1280. The fourth-order valence-corrected chi connectivity index (χ4v) is 4.11. The van der Waals surface area contributed by atoms with Crippen LogP contribution in [0.3, 0.4) is 0 Å². The molecule has 0 atom stereocenters. The molecule has 164 valence electrons. The zero-order chi connectivity index (χ0) is 23.1. The van der Waals surface area contributed by atoms with Gasteiger partial charge in [-0.2, -0.15) is 14.6 Å². The van der Waals surface area contributed by atoms with Gasteiger partial charge in [0, 0.05) is 16.6 Å². The van der Waals surface area contributed by atoms with Crippen molar-refractivity contribution in [3.63, 3.8) is 0 Å². The SMILES string of the molecule is CCS(=O)(=O)c1nsc(NC(=O)C(C#N)=Cc2ccc(OCc3ccc(Cl)cc3)cc2)n1. The summed E-state index contributed by atoms with van der Waals surface area (Å²) in [7, 11) is -3.58. The number of nitrogens with zero attached hydrogens (tertiary/aromatic N) is 3. The van der Waals surface area contributed by atoms with Gasteiger partial charge in [0.15, 0.2) is 0 Å². The first kappa shape index (κ1) is 23.4. The zero-order valence-corrected chi connectivity index (χ0v) is 19.2. The van der Waals surface area contributed by atoms with Crippen molar-refractivity contribution in [2.45, 2.75) is 18.7 Å². The number of hydrogen-bond donors (Lipinski definition) is 1. The number of hydrogen-bond acceptors (Lipinski definition) is 8. The fraction of sp³-hybridized carbons (Fsp3) is 0.143. The summed E-state index contributed by atoms with van der Waals surface area (Å²) in [5.74, 6) is -0.245. The van der Waals surface area contributed by atoms with Gasteiger partial charge in [-0.1, -0.05) is 42.8 Å². The predicted molar refractivity (Wildman–Crippen MR) is 122 cm³/mol. The van der Waals surface area contributed by atoms with Gasteiger partial charge in [-0.05, 0) is 41.5 Å². The van der Waals surface area contributed by atoms with E-state index in [-0.39, 0.29) is 21.6 Å². The molecule has 0 aliphatic rings. The number of aromatic nitrogens is 2. The Labute approximate surface area is 194 Å². The molecular formula is C21H17ClN4O4S2. The first-order valence-electron chi connectivity index (χ1n) is 9.27. The molecule has 1 aromatic heterocycles. The molecule has 0 unspecified atom stereocenters. The van der Waals surface area contributed by atoms with Crippen LogP contribution in [0.2, 0.25) is 5.02 Å². The highest BCUT2D eigenvalue weighted by molar-refractivity contribution is 7.91. The molecular weight excluding hydrogens is 472 g/mol. The van der Waals surface area contributed by atoms with Gasteiger partial charge in [0.1, 0.15) is 24.0 Å². The third-order valence-electron chi connectivity index (χ3n) is 4.16. The van der Waals surface area contributed by atoms with Crippen LogP contribution in [-0.4, -0.2) is 29.4 Å². The van der Waals surface area contributed by atoms with E-state index in [4.69, 9.17) is 16.3 Å². The standard InChI is InChI=1S/C21H17ClN4O4S2/c1-2-32(28,29)21-25-20(31-26-21)24-19(27)16(12-23)11-14-5-9-18(10-6-14)30-13-15-3-7-17(22)8-4-15/h3-11H,2,13H2,1H3,(H,24,25,26,27). The molecule has 0 radical (unpaired) electrons. The van der Waals surface area contributed by atoms with Gasteiger partial charge >= 0.3 is 0 Å². The number of amides is 1. The summed E-state index contributed by atoms with van der Waals surface area (Å²) in [5.41, 5.74) is 1.41. The lowest BCUT2D eigenvalue weighted by Crippen LogP contribution is -2.13. The molecule has 0 fully saturated rings. The summed E-state index contributed by atoms with van der Waals surface area (Å²) >= 11 is 6.59. The average Bonchev–Trinajstić information content (AvgIpc) is 3.27. The number of anilines is 1. The van der Waals surface area contributed by atoms with E-state index in [1.165, 1.54) is 13.0 Å². The number of halogens is 1. The molecule has 3 aromatic rings. The number of nitrogens with one attached hydrogen (secondary N) is 1. The van der Waals surface area contributed by atoms with Crippen LogP contribution in [0.15, 0.2) is 59.3 Å². The lowest BCUT2D eigenvalue weighted by atomic mass is 10.1. The van der Waals surface area contributed by atoms with Crippen LogP contribution in [0.1, 0.15) is 18.1 Å². The van der Waals surface area contributed by atoms with E-state index in [2.05, 4.69) is 14.7 Å². The molecule has 1 amide bonds. The molecule has 0 saturated heterocycles. The molecule has 0 saturated carbocycles. The maximum atomic E-state index is 12.4. The Balaban J connectivity index is 1.64. The molecule has 2 aromatic carbocycles. The first-order chi connectivity index (χ1) is 15.3. The minimum absolute atomic E-state index is 0.00544. The second kappa shape index (κ2) is 10.4. The first-order valence-corrected chi connectivity index (χ1v) is 12.1. The van der Waals surface area contributed by atoms with E-state index in [1.807, 2.05) is 18.2 Å². The molecule has 1 heterocycles. The Hall–Kier alpha value is -3.26. The minimum atomic E-state index is -3.58. The van der Waals surface area contributed by atoms with Crippen LogP contribution >= 0.6 is 23.1 Å². The van der Waals surface area contributed by atoms with Gasteiger partial charge in [0.2, 0.25) is 15.0 Å².